The summed E-state index contributed by atoms with van der Waals surface area (Å²) in [6, 6.07) is 11.7. The van der Waals surface area contributed by atoms with Crippen molar-refractivity contribution in [3.05, 3.63) is 54.1 Å². The van der Waals surface area contributed by atoms with E-state index in [1.54, 1.807) is 30.3 Å². The first-order valence-electron chi connectivity index (χ1n) is 6.26. The van der Waals surface area contributed by atoms with Crippen molar-refractivity contribution in [1.29, 1.82) is 0 Å². The summed E-state index contributed by atoms with van der Waals surface area (Å²) in [6.45, 7) is 0. The number of carbonyl (C=O) groups excluding carboxylic acids is 1. The molecule has 5 nitrogen and oxygen atoms in total. The highest BCUT2D eigenvalue weighted by atomic mass is 19.4. The zero-order valence-electron chi connectivity index (χ0n) is 11.4. The summed E-state index contributed by atoms with van der Waals surface area (Å²) in [4.78, 5) is 22.1. The van der Waals surface area contributed by atoms with Gasteiger partial charge in [0.2, 0.25) is 0 Å². The Hall–Kier alpha value is -3.03. The van der Waals surface area contributed by atoms with Gasteiger partial charge in [-0.3, -0.25) is 4.79 Å². The zero-order chi connectivity index (χ0) is 17.0. The third-order valence-corrected chi connectivity index (χ3v) is 2.71. The van der Waals surface area contributed by atoms with Gasteiger partial charge in [0.05, 0.1) is 11.3 Å². The molecule has 2 aromatic carbocycles. The third-order valence-electron chi connectivity index (χ3n) is 2.71. The van der Waals surface area contributed by atoms with Crippen LogP contribution in [0.2, 0.25) is 0 Å². The molecule has 1 amide bonds. The molecule has 0 fully saturated rings. The smallest absolute Gasteiger partial charge is 0.471 e. The molecule has 0 aliphatic heterocycles. The quantitative estimate of drug-likeness (QED) is 0.899. The van der Waals surface area contributed by atoms with E-state index in [1.165, 1.54) is 11.4 Å². The largest absolute Gasteiger partial charge is 0.478 e. The fourth-order valence-electron chi connectivity index (χ4n) is 1.69. The second-order valence-electron chi connectivity index (χ2n) is 4.38. The lowest BCUT2D eigenvalue weighted by molar-refractivity contribution is -0.167. The fourth-order valence-corrected chi connectivity index (χ4v) is 1.69. The lowest BCUT2D eigenvalue weighted by Gasteiger charge is -2.12. The van der Waals surface area contributed by atoms with E-state index in [4.69, 9.17) is 9.84 Å². The summed E-state index contributed by atoms with van der Waals surface area (Å²) < 4.78 is 42.1. The summed E-state index contributed by atoms with van der Waals surface area (Å²) in [5, 5.41) is 10.6. The van der Waals surface area contributed by atoms with Gasteiger partial charge in [-0.25, -0.2) is 4.79 Å². The van der Waals surface area contributed by atoms with Crippen molar-refractivity contribution >= 4 is 17.6 Å². The van der Waals surface area contributed by atoms with Gasteiger partial charge in [-0.05, 0) is 30.3 Å². The van der Waals surface area contributed by atoms with Crippen LogP contribution in [-0.2, 0) is 4.79 Å². The average Bonchev–Trinajstić information content (AvgIpc) is 2.48. The second-order valence-corrected chi connectivity index (χ2v) is 4.38. The highest BCUT2D eigenvalue weighted by Gasteiger charge is 2.39. The van der Waals surface area contributed by atoms with E-state index in [-0.39, 0.29) is 5.75 Å². The second kappa shape index (κ2) is 6.39. The predicted octanol–water partition coefficient (Wildman–Crippen LogP) is 3.68. The predicted molar refractivity (Wildman–Crippen MR) is 74.6 cm³/mol. The Morgan fingerprint density at radius 3 is 2.22 bits per heavy atom. The van der Waals surface area contributed by atoms with Crippen LogP contribution in [-0.4, -0.2) is 23.2 Å². The van der Waals surface area contributed by atoms with Gasteiger partial charge in [0.1, 0.15) is 11.5 Å². The van der Waals surface area contributed by atoms with E-state index in [0.29, 0.717) is 5.75 Å². The lowest BCUT2D eigenvalue weighted by Crippen LogP contribution is -2.30. The molecular weight excluding hydrogens is 315 g/mol. The minimum atomic E-state index is -5.12. The minimum Gasteiger partial charge on any atom is -0.478 e. The van der Waals surface area contributed by atoms with E-state index in [1.807, 2.05) is 0 Å². The number of nitrogens with one attached hydrogen (secondary N) is 1. The molecule has 0 spiro atoms. The first-order chi connectivity index (χ1) is 10.8. The van der Waals surface area contributed by atoms with Gasteiger partial charge in [-0.2, -0.15) is 13.2 Å². The molecule has 2 aromatic rings. The molecule has 0 saturated heterocycles. The number of carboxylic acids is 1. The molecule has 0 atom stereocenters. The molecule has 0 radical (unpaired) electrons. The number of alkyl halides is 3. The highest BCUT2D eigenvalue weighted by molar-refractivity contribution is 6.02. The average molecular weight is 325 g/mol. The molecule has 0 unspecified atom stereocenters. The number of halogens is 3. The minimum absolute atomic E-state index is 0.110. The molecular formula is C15H10F3NO4. The van der Waals surface area contributed by atoms with Crippen molar-refractivity contribution in [3.63, 3.8) is 0 Å². The van der Waals surface area contributed by atoms with E-state index in [2.05, 4.69) is 0 Å². The van der Waals surface area contributed by atoms with Gasteiger partial charge in [0.25, 0.3) is 0 Å². The standard InChI is InChI=1S/C15H10F3NO4/c16-15(17,18)14(22)19-12-7-6-10(8-11(12)13(20)21)23-9-4-2-1-3-5-9/h1-8H,(H,19,22)(H,20,21). The molecule has 2 rings (SSSR count). The van der Waals surface area contributed by atoms with Crippen LogP contribution in [0, 0.1) is 0 Å². The summed E-state index contributed by atoms with van der Waals surface area (Å²) in [7, 11) is 0. The van der Waals surface area contributed by atoms with Crippen LogP contribution in [0.15, 0.2) is 48.5 Å². The van der Waals surface area contributed by atoms with E-state index < -0.39 is 29.3 Å². The molecule has 23 heavy (non-hydrogen) atoms. The number of benzene rings is 2. The summed E-state index contributed by atoms with van der Waals surface area (Å²) in [5.74, 6) is -3.22. The van der Waals surface area contributed by atoms with Gasteiger partial charge >= 0.3 is 18.1 Å². The molecule has 2 N–H and O–H groups in total. The Balaban J connectivity index is 2.28. The normalized spacial score (nSPS) is 10.9. The number of rotatable bonds is 4. The lowest BCUT2D eigenvalue weighted by atomic mass is 10.1. The van der Waals surface area contributed by atoms with E-state index in [0.717, 1.165) is 12.1 Å². The number of ether oxygens (including phenoxy) is 1. The van der Waals surface area contributed by atoms with Gasteiger partial charge in [0, 0.05) is 0 Å². The Bertz CT molecular complexity index is 729. The number of carboxylic acid groups (broad SMARTS) is 1. The Morgan fingerprint density at radius 2 is 1.65 bits per heavy atom. The van der Waals surface area contributed by atoms with Crippen molar-refractivity contribution < 1.29 is 32.6 Å². The van der Waals surface area contributed by atoms with Crippen molar-refractivity contribution in [2.75, 3.05) is 5.32 Å². The maximum absolute atomic E-state index is 12.3. The van der Waals surface area contributed by atoms with Gasteiger partial charge in [-0.15, -0.1) is 0 Å². The zero-order valence-corrected chi connectivity index (χ0v) is 11.4. The van der Waals surface area contributed by atoms with Crippen LogP contribution in [0.5, 0.6) is 11.5 Å². The Morgan fingerprint density at radius 1 is 1.00 bits per heavy atom. The van der Waals surface area contributed by atoms with Crippen molar-refractivity contribution in [3.8, 4) is 11.5 Å². The van der Waals surface area contributed by atoms with Gasteiger partial charge < -0.3 is 15.2 Å². The van der Waals surface area contributed by atoms with Crippen LogP contribution < -0.4 is 10.1 Å². The van der Waals surface area contributed by atoms with Gasteiger partial charge in [-0.1, -0.05) is 18.2 Å². The number of anilines is 1. The number of hydrogen-bond donors (Lipinski definition) is 2. The Kier molecular flexibility index (Phi) is 4.54. The number of carbonyl (C=O) groups is 2. The SMILES string of the molecule is O=C(O)c1cc(Oc2ccccc2)ccc1NC(=O)C(F)(F)F. The number of aromatic carboxylic acids is 1. The maximum atomic E-state index is 12.3. The van der Waals surface area contributed by atoms with Crippen LogP contribution >= 0.6 is 0 Å². The van der Waals surface area contributed by atoms with Crippen LogP contribution in [0.25, 0.3) is 0 Å². The number of para-hydroxylation sites is 1. The van der Waals surface area contributed by atoms with Crippen molar-refractivity contribution in [1.82, 2.24) is 0 Å². The number of amides is 1. The summed E-state index contributed by atoms with van der Waals surface area (Å²) in [5.41, 5.74) is -0.990. The van der Waals surface area contributed by atoms with Crippen LogP contribution in [0.4, 0.5) is 18.9 Å². The third kappa shape index (κ3) is 4.22. The van der Waals surface area contributed by atoms with Crippen molar-refractivity contribution in [2.24, 2.45) is 0 Å². The first-order valence-corrected chi connectivity index (χ1v) is 6.26. The maximum Gasteiger partial charge on any atom is 0.471 e. The van der Waals surface area contributed by atoms with E-state index >= 15 is 0 Å². The molecule has 0 aliphatic carbocycles. The molecule has 0 bridgehead atoms. The molecule has 0 saturated carbocycles. The summed E-state index contributed by atoms with van der Waals surface area (Å²) >= 11 is 0. The first kappa shape index (κ1) is 16.3. The van der Waals surface area contributed by atoms with Gasteiger partial charge in [0.15, 0.2) is 0 Å². The van der Waals surface area contributed by atoms with Crippen LogP contribution in [0.3, 0.4) is 0 Å². The molecule has 0 aromatic heterocycles. The van der Waals surface area contributed by atoms with E-state index in [9.17, 15) is 22.8 Å². The number of hydrogen-bond acceptors (Lipinski definition) is 3. The monoisotopic (exact) mass is 325 g/mol. The Labute approximate surface area is 128 Å². The topological polar surface area (TPSA) is 75.6 Å². The molecule has 120 valence electrons. The highest BCUT2D eigenvalue weighted by Crippen LogP contribution is 2.28. The molecule has 0 heterocycles. The summed E-state index contributed by atoms with van der Waals surface area (Å²) in [6.07, 6.45) is -5.12. The van der Waals surface area contributed by atoms with Crippen molar-refractivity contribution in [2.45, 2.75) is 6.18 Å². The van der Waals surface area contributed by atoms with Crippen LogP contribution in [0.1, 0.15) is 10.4 Å². The molecule has 8 heteroatoms. The fraction of sp³-hybridized carbons (Fsp3) is 0.0667. The molecule has 0 aliphatic rings.